The van der Waals surface area contributed by atoms with Crippen LogP contribution in [-0.2, 0) is 40.0 Å². The summed E-state index contributed by atoms with van der Waals surface area (Å²) in [6.07, 6.45) is -0.959. The summed E-state index contributed by atoms with van der Waals surface area (Å²) in [5.74, 6) is -7.48. The van der Waals surface area contributed by atoms with E-state index in [1.54, 1.807) is 66.7 Å². The van der Waals surface area contributed by atoms with Gasteiger partial charge in [0.25, 0.3) is 11.8 Å². The van der Waals surface area contributed by atoms with Gasteiger partial charge in [-0.05, 0) is 54.8 Å². The Morgan fingerprint density at radius 1 is 0.554 bits per heavy atom. The summed E-state index contributed by atoms with van der Waals surface area (Å²) in [7, 11) is 1.44. The number of rotatable bonds is 19. The summed E-state index contributed by atoms with van der Waals surface area (Å²) in [5, 5.41) is 35.2. The molecule has 9 N–H and O–H groups in total. The number of hydrogen-bond acceptors (Lipinski definition) is 9. The topological polar surface area (TPSA) is 278 Å². The van der Waals surface area contributed by atoms with Crippen LogP contribution in [0.15, 0.2) is 78.9 Å². The highest BCUT2D eigenvalue weighted by Crippen LogP contribution is 2.20. The molecule has 3 aromatic rings. The second kappa shape index (κ2) is 21.0. The van der Waals surface area contributed by atoms with Crippen molar-refractivity contribution in [2.75, 3.05) is 20.1 Å². The van der Waals surface area contributed by atoms with Gasteiger partial charge in [-0.2, -0.15) is 0 Å². The molecular weight excluding hydrogens is 730 g/mol. The minimum absolute atomic E-state index is 0.0695. The largest absolute Gasteiger partial charge is 0.481 e. The lowest BCUT2D eigenvalue weighted by molar-refractivity contribution is -0.147. The summed E-state index contributed by atoms with van der Waals surface area (Å²) in [4.78, 5) is 110. The molecule has 1 unspecified atom stereocenters. The maximum atomic E-state index is 13.0. The van der Waals surface area contributed by atoms with Crippen molar-refractivity contribution in [3.05, 3.63) is 95.6 Å². The molecule has 0 aliphatic heterocycles. The van der Waals surface area contributed by atoms with Crippen molar-refractivity contribution >= 4 is 53.3 Å². The number of carboxylic acids is 2. The van der Waals surface area contributed by atoms with Crippen LogP contribution >= 0.6 is 0 Å². The first-order chi connectivity index (χ1) is 26.6. The Balaban J connectivity index is 1.51. The Bertz CT molecular complexity index is 1920. The highest BCUT2D eigenvalue weighted by Gasteiger charge is 2.30. The van der Waals surface area contributed by atoms with Gasteiger partial charge in [-0.3, -0.25) is 38.4 Å². The van der Waals surface area contributed by atoms with Gasteiger partial charge in [-0.1, -0.05) is 54.6 Å². The number of carboxylic acid groups (broad SMARTS) is 2. The molecule has 56 heavy (non-hydrogen) atoms. The van der Waals surface area contributed by atoms with E-state index >= 15 is 0 Å². The Labute approximate surface area is 321 Å². The van der Waals surface area contributed by atoms with Crippen LogP contribution in [0.5, 0.6) is 0 Å². The molecule has 0 heterocycles. The smallest absolute Gasteiger partial charge is 0.326 e. The van der Waals surface area contributed by atoms with Crippen molar-refractivity contribution in [1.29, 1.82) is 0 Å². The molecule has 4 atom stereocenters. The van der Waals surface area contributed by atoms with Gasteiger partial charge >= 0.3 is 11.9 Å². The van der Waals surface area contributed by atoms with Crippen LogP contribution in [0, 0.1) is 0 Å². The monoisotopic (exact) mass is 773 g/mol. The molecule has 0 saturated carbocycles. The Morgan fingerprint density at radius 3 is 1.43 bits per heavy atom. The lowest BCUT2D eigenvalue weighted by Crippen LogP contribution is -2.56. The Kier molecular flexibility index (Phi) is 16.2. The average Bonchev–Trinajstić information content (AvgIpc) is 3.18. The molecule has 0 saturated heterocycles. The zero-order valence-electron chi connectivity index (χ0n) is 30.7. The molecule has 0 bridgehead atoms. The van der Waals surface area contributed by atoms with Crippen LogP contribution in [0.1, 0.15) is 46.5 Å². The quantitative estimate of drug-likeness (QED) is 0.0738. The van der Waals surface area contributed by atoms with Crippen molar-refractivity contribution in [2.24, 2.45) is 0 Å². The predicted octanol–water partition coefficient (Wildman–Crippen LogP) is -0.660. The van der Waals surface area contributed by atoms with Crippen LogP contribution in [0.4, 0.5) is 0 Å². The first-order valence-corrected chi connectivity index (χ1v) is 17.2. The van der Waals surface area contributed by atoms with E-state index in [1.807, 2.05) is 0 Å². The van der Waals surface area contributed by atoms with Gasteiger partial charge in [0, 0.05) is 24.6 Å². The zero-order chi connectivity index (χ0) is 41.4. The van der Waals surface area contributed by atoms with E-state index < -0.39 is 84.5 Å². The lowest BCUT2D eigenvalue weighted by Gasteiger charge is -2.23. The molecule has 18 heteroatoms. The number of amides is 7. The van der Waals surface area contributed by atoms with E-state index in [2.05, 4.69) is 37.2 Å². The minimum Gasteiger partial charge on any atom is -0.481 e. The third-order valence-corrected chi connectivity index (χ3v) is 8.14. The standard InChI is InChI=1S/C38H43N7O11/c1-21(33(50)39-3)42-30(46)19-40-35(52)26-13-9-24(10-14-26)25-11-15-27(16-12-25)36(53)41-20-31(47)43-22(2)34(51)44-28(17-23-7-5-4-6-8-23)37(54)45-29(38(55)56)18-32(48)49/h4-16,21-22,28-29H,17-20H2,1-3H3,(H,39,50)(H,40,52)(H,41,53)(H,42,46)(H,43,47)(H,44,51)(H,45,54)(H,48,49)(H,55,56)/t21-,22-,28?,29-/m0/s1. The molecule has 3 rings (SSSR count). The molecule has 0 fully saturated rings. The van der Waals surface area contributed by atoms with Crippen molar-refractivity contribution in [1.82, 2.24) is 37.2 Å². The Hall–Kier alpha value is -7.11. The van der Waals surface area contributed by atoms with E-state index in [-0.39, 0.29) is 24.4 Å². The van der Waals surface area contributed by atoms with E-state index in [1.165, 1.54) is 33.0 Å². The second-order valence-electron chi connectivity index (χ2n) is 12.5. The van der Waals surface area contributed by atoms with Gasteiger partial charge < -0.3 is 47.4 Å². The fourth-order valence-corrected chi connectivity index (χ4v) is 5.09. The van der Waals surface area contributed by atoms with Gasteiger partial charge in [-0.25, -0.2) is 4.79 Å². The van der Waals surface area contributed by atoms with Crippen molar-refractivity contribution < 1.29 is 53.4 Å². The van der Waals surface area contributed by atoms with E-state index in [9.17, 15) is 48.3 Å². The van der Waals surface area contributed by atoms with Crippen LogP contribution in [0.3, 0.4) is 0 Å². The maximum Gasteiger partial charge on any atom is 0.326 e. The van der Waals surface area contributed by atoms with Gasteiger partial charge in [0.05, 0.1) is 19.5 Å². The minimum atomic E-state index is -1.75. The lowest BCUT2D eigenvalue weighted by atomic mass is 10.0. The third-order valence-electron chi connectivity index (χ3n) is 8.14. The first-order valence-electron chi connectivity index (χ1n) is 17.2. The fraction of sp³-hybridized carbons (Fsp3) is 0.289. The van der Waals surface area contributed by atoms with Gasteiger partial charge in [0.2, 0.25) is 29.5 Å². The second-order valence-corrected chi connectivity index (χ2v) is 12.5. The number of nitrogens with one attached hydrogen (secondary N) is 7. The predicted molar refractivity (Wildman–Crippen MR) is 200 cm³/mol. The highest BCUT2D eigenvalue weighted by atomic mass is 16.4. The first kappa shape index (κ1) is 43.3. The number of benzene rings is 3. The normalized spacial score (nSPS) is 12.6. The van der Waals surface area contributed by atoms with E-state index in [0.29, 0.717) is 16.7 Å². The third kappa shape index (κ3) is 13.7. The molecule has 0 spiro atoms. The SMILES string of the molecule is CNC(=O)[C@H](C)NC(=O)CNC(=O)c1ccc(-c2ccc(C(=O)NCC(=O)N[C@@H](C)C(=O)NC(Cc3ccccc3)C(=O)N[C@@H](CC(=O)O)C(=O)O)cc2)cc1. The number of hydrogen-bond donors (Lipinski definition) is 9. The maximum absolute atomic E-state index is 13.0. The molecule has 0 aliphatic carbocycles. The average molecular weight is 774 g/mol. The van der Waals surface area contributed by atoms with Crippen LogP contribution in [0.25, 0.3) is 11.1 Å². The molecule has 0 aromatic heterocycles. The Morgan fingerprint density at radius 2 is 1.00 bits per heavy atom. The summed E-state index contributed by atoms with van der Waals surface area (Å²) in [6, 6.07) is 16.3. The van der Waals surface area contributed by atoms with Gasteiger partial charge in [0.15, 0.2) is 0 Å². The van der Waals surface area contributed by atoms with E-state index in [4.69, 9.17) is 5.11 Å². The number of carbonyl (C=O) groups is 9. The van der Waals surface area contributed by atoms with Crippen LogP contribution < -0.4 is 37.2 Å². The number of carbonyl (C=O) groups excluding carboxylic acids is 7. The fourth-order valence-electron chi connectivity index (χ4n) is 5.09. The van der Waals surface area contributed by atoms with Crippen molar-refractivity contribution in [3.8, 4) is 11.1 Å². The highest BCUT2D eigenvalue weighted by molar-refractivity contribution is 5.99. The molecular formula is C38H43N7O11. The molecule has 296 valence electrons. The van der Waals surface area contributed by atoms with Crippen molar-refractivity contribution in [3.63, 3.8) is 0 Å². The zero-order valence-corrected chi connectivity index (χ0v) is 30.7. The summed E-state index contributed by atoms with van der Waals surface area (Å²) in [5.41, 5.74) is 2.57. The summed E-state index contributed by atoms with van der Waals surface area (Å²) in [6.45, 7) is 2.02. The number of likely N-dealkylation sites (N-methyl/N-ethyl adjacent to an activating group) is 1. The van der Waals surface area contributed by atoms with Crippen LogP contribution in [0.2, 0.25) is 0 Å². The molecule has 18 nitrogen and oxygen atoms in total. The van der Waals surface area contributed by atoms with Gasteiger partial charge in [-0.15, -0.1) is 0 Å². The molecule has 7 amide bonds. The van der Waals surface area contributed by atoms with E-state index in [0.717, 1.165) is 5.56 Å². The van der Waals surface area contributed by atoms with Crippen molar-refractivity contribution in [2.45, 2.75) is 50.9 Å². The molecule has 0 radical (unpaired) electrons. The van der Waals surface area contributed by atoms with Gasteiger partial charge in [0.1, 0.15) is 24.2 Å². The molecule has 0 aliphatic rings. The number of aliphatic carboxylic acids is 2. The molecule has 3 aromatic carbocycles. The van der Waals surface area contributed by atoms with Crippen LogP contribution in [-0.4, -0.2) is 108 Å². The summed E-state index contributed by atoms with van der Waals surface area (Å²) >= 11 is 0. The summed E-state index contributed by atoms with van der Waals surface area (Å²) < 4.78 is 0.